The van der Waals surface area contributed by atoms with Gasteiger partial charge in [-0.2, -0.15) is 0 Å². The third-order valence-electron chi connectivity index (χ3n) is 4.14. The Bertz CT molecular complexity index is 943. The van der Waals surface area contributed by atoms with Gasteiger partial charge in [0.15, 0.2) is 0 Å². The van der Waals surface area contributed by atoms with Crippen LogP contribution in [-0.4, -0.2) is 30.4 Å². The molecule has 0 saturated heterocycles. The van der Waals surface area contributed by atoms with Crippen molar-refractivity contribution in [2.24, 2.45) is 0 Å². The summed E-state index contributed by atoms with van der Waals surface area (Å²) in [5, 5.41) is 2.66. The second-order valence-electron chi connectivity index (χ2n) is 6.14. The Hall–Kier alpha value is -2.18. The fourth-order valence-electron chi connectivity index (χ4n) is 2.88. The van der Waals surface area contributed by atoms with E-state index in [0.717, 1.165) is 27.5 Å². The molecule has 2 aromatic heterocycles. The van der Waals surface area contributed by atoms with E-state index in [1.165, 1.54) is 11.3 Å². The van der Waals surface area contributed by atoms with Crippen molar-refractivity contribution in [3.63, 3.8) is 0 Å². The highest BCUT2D eigenvalue weighted by atomic mass is 32.1. The molecule has 6 heteroatoms. The normalized spacial score (nSPS) is 11.4. The van der Waals surface area contributed by atoms with Crippen molar-refractivity contribution in [1.82, 2.24) is 9.55 Å². The summed E-state index contributed by atoms with van der Waals surface area (Å²) >= 11 is 1.50. The minimum absolute atomic E-state index is 0.00943. The lowest BCUT2D eigenvalue weighted by atomic mass is 10.1. The number of hydrogen-bond acceptors (Lipinski definition) is 5. The Kier molecular flexibility index (Phi) is 5.20. The highest BCUT2D eigenvalue weighted by molar-refractivity contribution is 7.17. The number of ether oxygens (including phenoxy) is 2. The van der Waals surface area contributed by atoms with Crippen LogP contribution in [0.1, 0.15) is 25.6 Å². The van der Waals surface area contributed by atoms with Gasteiger partial charge in [-0.05, 0) is 17.7 Å². The molecular formula is C19H22N2O3S. The van der Waals surface area contributed by atoms with Gasteiger partial charge in [-0.15, -0.1) is 11.3 Å². The highest BCUT2D eigenvalue weighted by Gasteiger charge is 2.18. The van der Waals surface area contributed by atoms with Crippen molar-refractivity contribution >= 4 is 21.6 Å². The van der Waals surface area contributed by atoms with Crippen LogP contribution in [0, 0.1) is 0 Å². The molecule has 25 heavy (non-hydrogen) atoms. The molecule has 0 atom stereocenters. The summed E-state index contributed by atoms with van der Waals surface area (Å²) in [6.45, 7) is 5.08. The van der Waals surface area contributed by atoms with Gasteiger partial charge in [-0.25, -0.2) is 4.98 Å². The molecule has 0 bridgehead atoms. The van der Waals surface area contributed by atoms with Gasteiger partial charge in [0, 0.05) is 24.0 Å². The molecule has 0 amide bonds. The summed E-state index contributed by atoms with van der Waals surface area (Å²) in [5.41, 5.74) is 1.85. The Balaban J connectivity index is 2.24. The molecule has 0 aliphatic heterocycles. The molecule has 0 N–H and O–H groups in total. The van der Waals surface area contributed by atoms with Gasteiger partial charge in [-0.3, -0.25) is 9.36 Å². The Morgan fingerprint density at radius 2 is 2.08 bits per heavy atom. The maximum Gasteiger partial charge on any atom is 0.262 e. The van der Waals surface area contributed by atoms with Crippen LogP contribution < -0.4 is 10.3 Å². The quantitative estimate of drug-likeness (QED) is 0.670. The summed E-state index contributed by atoms with van der Waals surface area (Å²) in [5.74, 6) is 1.73. The third kappa shape index (κ3) is 3.32. The molecule has 2 heterocycles. The van der Waals surface area contributed by atoms with Crippen LogP contribution in [0.5, 0.6) is 5.75 Å². The second-order valence-corrected chi connectivity index (χ2v) is 6.99. The van der Waals surface area contributed by atoms with Crippen molar-refractivity contribution < 1.29 is 9.47 Å². The molecular weight excluding hydrogens is 336 g/mol. The third-order valence-corrected chi connectivity index (χ3v) is 5.01. The molecule has 0 spiro atoms. The molecule has 132 valence electrons. The monoisotopic (exact) mass is 358 g/mol. The summed E-state index contributed by atoms with van der Waals surface area (Å²) in [7, 11) is 3.28. The number of nitrogens with zero attached hydrogens (tertiary/aromatic N) is 2. The smallest absolute Gasteiger partial charge is 0.262 e. The lowest BCUT2D eigenvalue weighted by Crippen LogP contribution is -2.27. The first-order valence-electron chi connectivity index (χ1n) is 8.22. The van der Waals surface area contributed by atoms with Crippen molar-refractivity contribution in [3.05, 3.63) is 45.8 Å². The summed E-state index contributed by atoms with van der Waals surface area (Å²) in [4.78, 5) is 18.8. The van der Waals surface area contributed by atoms with E-state index in [2.05, 4.69) is 0 Å². The lowest BCUT2D eigenvalue weighted by molar-refractivity contribution is 0.184. The Morgan fingerprint density at radius 3 is 2.76 bits per heavy atom. The van der Waals surface area contributed by atoms with Crippen LogP contribution >= 0.6 is 11.3 Å². The van der Waals surface area contributed by atoms with Gasteiger partial charge < -0.3 is 9.47 Å². The molecule has 1 aromatic carbocycles. The molecule has 3 rings (SSSR count). The van der Waals surface area contributed by atoms with Crippen LogP contribution in [0.15, 0.2) is 34.4 Å². The van der Waals surface area contributed by atoms with Gasteiger partial charge in [0.25, 0.3) is 5.56 Å². The highest BCUT2D eigenvalue weighted by Crippen LogP contribution is 2.33. The first kappa shape index (κ1) is 17.6. The Morgan fingerprint density at radius 1 is 1.28 bits per heavy atom. The standard InChI is InChI=1S/C19H22N2O3S/c1-12(2)17-20-18-16(19(22)21(17)8-9-23-3)15(11-25-18)13-6-5-7-14(10-13)24-4/h5-7,10-12H,8-9H2,1-4H3. The van der Waals surface area contributed by atoms with Gasteiger partial charge in [0.1, 0.15) is 16.4 Å². The van der Waals surface area contributed by atoms with E-state index >= 15 is 0 Å². The van der Waals surface area contributed by atoms with Gasteiger partial charge in [0.2, 0.25) is 0 Å². The molecule has 0 fully saturated rings. The first-order valence-corrected chi connectivity index (χ1v) is 9.10. The van der Waals surface area contributed by atoms with E-state index in [-0.39, 0.29) is 11.5 Å². The van der Waals surface area contributed by atoms with Crippen LogP contribution in [0.4, 0.5) is 0 Å². The number of rotatable bonds is 6. The fourth-order valence-corrected chi connectivity index (χ4v) is 3.83. The van der Waals surface area contributed by atoms with E-state index in [9.17, 15) is 4.79 Å². The molecule has 5 nitrogen and oxygen atoms in total. The number of hydrogen-bond donors (Lipinski definition) is 0. The molecule has 0 unspecified atom stereocenters. The van der Waals surface area contributed by atoms with Crippen molar-refractivity contribution in [2.45, 2.75) is 26.3 Å². The summed E-state index contributed by atoms with van der Waals surface area (Å²) < 4.78 is 12.2. The largest absolute Gasteiger partial charge is 0.497 e. The van der Waals surface area contributed by atoms with Crippen LogP contribution in [0.2, 0.25) is 0 Å². The second kappa shape index (κ2) is 7.37. The minimum atomic E-state index is -0.00943. The van der Waals surface area contributed by atoms with E-state index in [1.807, 2.05) is 43.5 Å². The van der Waals surface area contributed by atoms with Gasteiger partial charge in [-0.1, -0.05) is 26.0 Å². The number of benzene rings is 1. The summed E-state index contributed by atoms with van der Waals surface area (Å²) in [6.07, 6.45) is 0. The zero-order chi connectivity index (χ0) is 18.0. The van der Waals surface area contributed by atoms with Gasteiger partial charge >= 0.3 is 0 Å². The predicted molar refractivity (Wildman–Crippen MR) is 102 cm³/mol. The molecule has 0 saturated carbocycles. The van der Waals surface area contributed by atoms with E-state index in [4.69, 9.17) is 14.5 Å². The fraction of sp³-hybridized carbons (Fsp3) is 0.368. The van der Waals surface area contributed by atoms with Crippen molar-refractivity contribution in [3.8, 4) is 16.9 Å². The number of aromatic nitrogens is 2. The SMILES string of the molecule is COCCn1c(C(C)C)nc2scc(-c3cccc(OC)c3)c2c1=O. The van der Waals surface area contributed by atoms with Crippen LogP contribution in [0.3, 0.4) is 0 Å². The molecule has 3 aromatic rings. The maximum absolute atomic E-state index is 13.2. The zero-order valence-electron chi connectivity index (χ0n) is 14.9. The summed E-state index contributed by atoms with van der Waals surface area (Å²) in [6, 6.07) is 7.75. The lowest BCUT2D eigenvalue weighted by Gasteiger charge is -2.15. The van der Waals surface area contributed by atoms with E-state index in [1.54, 1.807) is 18.8 Å². The van der Waals surface area contributed by atoms with Gasteiger partial charge in [0.05, 0.1) is 25.6 Å². The topological polar surface area (TPSA) is 53.4 Å². The number of thiophene rings is 1. The molecule has 0 aliphatic carbocycles. The molecule has 0 aliphatic rings. The first-order chi connectivity index (χ1) is 12.1. The van der Waals surface area contributed by atoms with Crippen molar-refractivity contribution in [2.75, 3.05) is 20.8 Å². The minimum Gasteiger partial charge on any atom is -0.497 e. The van der Waals surface area contributed by atoms with E-state index < -0.39 is 0 Å². The Labute approximate surface area is 150 Å². The van der Waals surface area contributed by atoms with Crippen LogP contribution in [-0.2, 0) is 11.3 Å². The zero-order valence-corrected chi connectivity index (χ0v) is 15.7. The average Bonchev–Trinajstić information content (AvgIpc) is 3.05. The van der Waals surface area contributed by atoms with Crippen LogP contribution in [0.25, 0.3) is 21.3 Å². The van der Waals surface area contributed by atoms with E-state index in [0.29, 0.717) is 18.5 Å². The maximum atomic E-state index is 13.2. The predicted octanol–water partition coefficient (Wildman–Crippen LogP) is 3.90. The number of fused-ring (bicyclic) bond motifs is 1. The van der Waals surface area contributed by atoms with Crippen molar-refractivity contribution in [1.29, 1.82) is 0 Å². The average molecular weight is 358 g/mol. The number of methoxy groups -OCH3 is 2. The molecule has 0 radical (unpaired) electrons.